The number of nitro groups is 2. The number of nitro benzene ring substituents is 2. The fourth-order valence-corrected chi connectivity index (χ4v) is 4.96. The molecule has 0 spiro atoms. The highest BCUT2D eigenvalue weighted by Crippen LogP contribution is 2.38. The van der Waals surface area contributed by atoms with Gasteiger partial charge in [0.15, 0.2) is 0 Å². The average Bonchev–Trinajstić information content (AvgIpc) is 3.68. The zero-order valence-corrected chi connectivity index (χ0v) is 21.1. The Kier molecular flexibility index (Phi) is 6.08. The van der Waals surface area contributed by atoms with Crippen LogP contribution < -0.4 is 15.2 Å². The number of carboxylic acids is 1. The van der Waals surface area contributed by atoms with Crippen molar-refractivity contribution in [3.63, 3.8) is 0 Å². The average molecular weight is 565 g/mol. The SMILES string of the molecule is O=C(O)c1cn(C2CC2)c2cc(N3CCN(c4nnc(-c5ccc([N+](=O)[O-])c([N+](=O)[O-])c5)o4)CC3)c(F)cc2c1=O. The Hall–Kier alpha value is -5.41. The molecule has 41 heavy (non-hydrogen) atoms. The lowest BCUT2D eigenvalue weighted by atomic mass is 10.1. The molecule has 1 N–H and O–H groups in total. The van der Waals surface area contributed by atoms with E-state index in [2.05, 4.69) is 10.2 Å². The van der Waals surface area contributed by atoms with Crippen molar-refractivity contribution in [1.82, 2.24) is 14.8 Å². The van der Waals surface area contributed by atoms with Crippen LogP contribution in [0.2, 0.25) is 0 Å². The maximum atomic E-state index is 15.3. The highest BCUT2D eigenvalue weighted by Gasteiger charge is 2.30. The number of anilines is 2. The molecule has 2 aromatic heterocycles. The molecule has 15 nitrogen and oxygen atoms in total. The molecule has 1 aliphatic carbocycles. The highest BCUT2D eigenvalue weighted by molar-refractivity contribution is 5.93. The number of piperazine rings is 1. The second-order valence-electron chi connectivity index (χ2n) is 9.72. The lowest BCUT2D eigenvalue weighted by Crippen LogP contribution is -2.47. The van der Waals surface area contributed by atoms with Crippen molar-refractivity contribution in [2.75, 3.05) is 36.0 Å². The van der Waals surface area contributed by atoms with Crippen molar-refractivity contribution in [3.8, 4) is 11.5 Å². The molecule has 0 amide bonds. The summed E-state index contributed by atoms with van der Waals surface area (Å²) in [4.78, 5) is 48.5. The van der Waals surface area contributed by atoms with Gasteiger partial charge in [0.2, 0.25) is 11.3 Å². The number of aromatic carboxylic acids is 1. The van der Waals surface area contributed by atoms with Gasteiger partial charge in [-0.2, -0.15) is 0 Å². The maximum absolute atomic E-state index is 15.3. The minimum atomic E-state index is -1.36. The number of benzene rings is 2. The summed E-state index contributed by atoms with van der Waals surface area (Å²) in [6.45, 7) is 1.41. The van der Waals surface area contributed by atoms with Crippen LogP contribution in [0.3, 0.4) is 0 Å². The van der Waals surface area contributed by atoms with Gasteiger partial charge in [0.1, 0.15) is 11.4 Å². The molecule has 210 valence electrons. The van der Waals surface area contributed by atoms with Gasteiger partial charge in [-0.05, 0) is 31.0 Å². The molecular weight excluding hydrogens is 545 g/mol. The third kappa shape index (κ3) is 4.58. The van der Waals surface area contributed by atoms with E-state index in [0.29, 0.717) is 31.7 Å². The van der Waals surface area contributed by atoms with Crippen LogP contribution in [0.1, 0.15) is 29.2 Å². The fraction of sp³-hybridized carbons (Fsp3) is 0.280. The molecule has 2 fully saturated rings. The molecule has 3 heterocycles. The van der Waals surface area contributed by atoms with E-state index in [4.69, 9.17) is 4.42 Å². The molecule has 1 saturated carbocycles. The summed E-state index contributed by atoms with van der Waals surface area (Å²) in [7, 11) is 0. The molecule has 16 heteroatoms. The minimum absolute atomic E-state index is 0.0153. The first-order chi connectivity index (χ1) is 19.6. The summed E-state index contributed by atoms with van der Waals surface area (Å²) in [6, 6.07) is 6.13. The Balaban J connectivity index is 1.23. The van der Waals surface area contributed by atoms with E-state index in [1.807, 2.05) is 0 Å². The summed E-state index contributed by atoms with van der Waals surface area (Å²) in [5.74, 6) is -2.06. The van der Waals surface area contributed by atoms with Crippen molar-refractivity contribution in [1.29, 1.82) is 0 Å². The monoisotopic (exact) mass is 565 g/mol. The van der Waals surface area contributed by atoms with Gasteiger partial charge in [0, 0.05) is 61.5 Å². The third-order valence-corrected chi connectivity index (χ3v) is 7.19. The molecule has 0 bridgehead atoms. The van der Waals surface area contributed by atoms with Gasteiger partial charge in [-0.3, -0.25) is 25.0 Å². The second-order valence-corrected chi connectivity index (χ2v) is 9.72. The molecule has 0 atom stereocenters. The Morgan fingerprint density at radius 1 is 1.00 bits per heavy atom. The van der Waals surface area contributed by atoms with Crippen LogP contribution in [0.5, 0.6) is 0 Å². The first-order valence-electron chi connectivity index (χ1n) is 12.5. The lowest BCUT2D eigenvalue weighted by molar-refractivity contribution is -0.422. The number of nitrogens with zero attached hydrogens (tertiary/aromatic N) is 7. The molecule has 6 rings (SSSR count). The minimum Gasteiger partial charge on any atom is -0.477 e. The largest absolute Gasteiger partial charge is 0.477 e. The summed E-state index contributed by atoms with van der Waals surface area (Å²) in [5.41, 5.74) is -1.60. The number of rotatable bonds is 7. The predicted octanol–water partition coefficient (Wildman–Crippen LogP) is 3.37. The Morgan fingerprint density at radius 2 is 1.68 bits per heavy atom. The van der Waals surface area contributed by atoms with Gasteiger partial charge in [0.05, 0.1) is 21.1 Å². The number of pyridine rings is 1. The van der Waals surface area contributed by atoms with E-state index in [0.717, 1.165) is 31.0 Å². The zero-order valence-electron chi connectivity index (χ0n) is 21.1. The van der Waals surface area contributed by atoms with Crippen LogP contribution in [0, 0.1) is 26.0 Å². The normalized spacial score (nSPS) is 15.3. The van der Waals surface area contributed by atoms with Crippen molar-refractivity contribution in [2.24, 2.45) is 0 Å². The van der Waals surface area contributed by atoms with Crippen molar-refractivity contribution in [2.45, 2.75) is 18.9 Å². The lowest BCUT2D eigenvalue weighted by Gasteiger charge is -2.35. The molecule has 2 aromatic carbocycles. The number of hydrogen-bond donors (Lipinski definition) is 1. The number of fused-ring (bicyclic) bond motifs is 1. The fourth-order valence-electron chi connectivity index (χ4n) is 4.96. The van der Waals surface area contributed by atoms with Gasteiger partial charge in [-0.1, -0.05) is 5.10 Å². The van der Waals surface area contributed by atoms with Crippen LogP contribution in [-0.2, 0) is 0 Å². The van der Waals surface area contributed by atoms with Gasteiger partial charge < -0.3 is 23.9 Å². The molecule has 4 aromatic rings. The molecule has 0 radical (unpaired) electrons. The smallest absolute Gasteiger partial charge is 0.346 e. The third-order valence-electron chi connectivity index (χ3n) is 7.19. The van der Waals surface area contributed by atoms with Crippen molar-refractivity contribution < 1.29 is 28.6 Å². The number of aromatic nitrogens is 3. The summed E-state index contributed by atoms with van der Waals surface area (Å²) in [5, 5.41) is 39.7. The van der Waals surface area contributed by atoms with Crippen molar-refractivity contribution in [3.05, 3.63) is 78.4 Å². The molecule has 1 aliphatic heterocycles. The van der Waals surface area contributed by atoms with Gasteiger partial charge >= 0.3 is 23.4 Å². The quantitative estimate of drug-likeness (QED) is 0.254. The van der Waals surface area contributed by atoms with Crippen LogP contribution in [-0.4, -0.2) is 61.9 Å². The Bertz CT molecular complexity index is 1810. The zero-order chi connectivity index (χ0) is 29.0. The summed E-state index contributed by atoms with van der Waals surface area (Å²) >= 11 is 0. The summed E-state index contributed by atoms with van der Waals surface area (Å²) < 4.78 is 22.7. The summed E-state index contributed by atoms with van der Waals surface area (Å²) in [6.07, 6.45) is 3.00. The van der Waals surface area contributed by atoms with Crippen LogP contribution in [0.4, 0.5) is 27.5 Å². The van der Waals surface area contributed by atoms with Crippen LogP contribution in [0.25, 0.3) is 22.4 Å². The topological polar surface area (TPSA) is 191 Å². The van der Waals surface area contributed by atoms with Crippen molar-refractivity contribution >= 4 is 39.9 Å². The van der Waals surface area contributed by atoms with Gasteiger partial charge in [0.25, 0.3) is 0 Å². The van der Waals surface area contributed by atoms with E-state index in [1.165, 1.54) is 12.3 Å². The standard InChI is InChI=1S/C25H20FN7O8/c26-17-10-15-19(31(14-2-3-14)12-16(22(15)34)24(35)36)11-20(17)29-5-7-30(8-6-29)25-28-27-23(41-25)13-1-4-18(32(37)38)21(9-13)33(39)40/h1,4,9-12,14H,2-3,5-8H2,(H,35,36). The van der Waals surface area contributed by atoms with Crippen LogP contribution >= 0.6 is 0 Å². The van der Waals surface area contributed by atoms with Gasteiger partial charge in [-0.15, -0.1) is 5.10 Å². The molecule has 1 saturated heterocycles. The number of carboxylic acid groups (broad SMARTS) is 1. The Labute approximate surface area is 228 Å². The molecule has 2 aliphatic rings. The number of carbonyl (C=O) groups is 1. The number of hydrogen-bond acceptors (Lipinski definition) is 11. The van der Waals surface area contributed by atoms with E-state index in [1.54, 1.807) is 20.4 Å². The first-order valence-corrected chi connectivity index (χ1v) is 12.5. The Morgan fingerprint density at radius 3 is 2.32 bits per heavy atom. The second kappa shape index (κ2) is 9.65. The van der Waals surface area contributed by atoms with Gasteiger partial charge in [-0.25, -0.2) is 9.18 Å². The number of halogens is 1. The van der Waals surface area contributed by atoms with Crippen LogP contribution in [0.15, 0.2) is 45.7 Å². The highest BCUT2D eigenvalue weighted by atomic mass is 19.1. The molecule has 0 unspecified atom stereocenters. The maximum Gasteiger partial charge on any atom is 0.346 e. The van der Waals surface area contributed by atoms with E-state index in [-0.39, 0.29) is 34.6 Å². The molecular formula is C25H20FN7O8. The first kappa shape index (κ1) is 25.8. The predicted molar refractivity (Wildman–Crippen MR) is 141 cm³/mol. The van der Waals surface area contributed by atoms with E-state index in [9.17, 15) is 34.9 Å². The van der Waals surface area contributed by atoms with E-state index >= 15 is 4.39 Å². The van der Waals surface area contributed by atoms with E-state index < -0.39 is 44.0 Å².